The van der Waals surface area contributed by atoms with Gasteiger partial charge in [-0.2, -0.15) is 0 Å². The Labute approximate surface area is 109 Å². The number of hydrogen-bond acceptors (Lipinski definition) is 2. The number of alkyl halides is 2. The lowest BCUT2D eigenvalue weighted by atomic mass is 10.00. The summed E-state index contributed by atoms with van der Waals surface area (Å²) in [5.74, 6) is -2.60. The molecule has 0 spiro atoms. The van der Waals surface area contributed by atoms with E-state index in [1.165, 1.54) is 0 Å². The van der Waals surface area contributed by atoms with Gasteiger partial charge in [-0.3, -0.25) is 9.59 Å². The van der Waals surface area contributed by atoms with E-state index < -0.39 is 36.7 Å². The van der Waals surface area contributed by atoms with E-state index in [1.54, 1.807) is 37.3 Å². The SMILES string of the molecule is CC(C(=O)NC(CC(=O)O)C(F)F)c1ccccc1. The molecule has 0 bridgehead atoms. The molecule has 2 N–H and O–H groups in total. The number of hydrogen-bond donors (Lipinski definition) is 2. The molecule has 19 heavy (non-hydrogen) atoms. The molecule has 1 aromatic rings. The van der Waals surface area contributed by atoms with Gasteiger partial charge in [0.15, 0.2) is 0 Å². The van der Waals surface area contributed by atoms with E-state index in [0.717, 1.165) is 0 Å². The monoisotopic (exact) mass is 271 g/mol. The molecular formula is C13H15F2NO3. The van der Waals surface area contributed by atoms with Gasteiger partial charge in [-0.25, -0.2) is 8.78 Å². The standard InChI is InChI=1S/C13H15F2NO3/c1-8(9-5-3-2-4-6-9)13(19)16-10(12(14)15)7-11(17)18/h2-6,8,10,12H,7H2,1H3,(H,16,19)(H,17,18). The maximum atomic E-state index is 12.6. The third kappa shape index (κ3) is 4.65. The van der Waals surface area contributed by atoms with Crippen LogP contribution in [-0.4, -0.2) is 29.5 Å². The fraction of sp³-hybridized carbons (Fsp3) is 0.385. The minimum atomic E-state index is -2.91. The molecule has 0 radical (unpaired) electrons. The predicted molar refractivity (Wildman–Crippen MR) is 65.0 cm³/mol. The summed E-state index contributed by atoms with van der Waals surface area (Å²) in [5, 5.41) is 10.6. The summed E-state index contributed by atoms with van der Waals surface area (Å²) in [6.45, 7) is 1.58. The molecule has 0 aliphatic rings. The molecule has 0 fully saturated rings. The molecule has 1 rings (SSSR count). The molecule has 0 aliphatic heterocycles. The van der Waals surface area contributed by atoms with E-state index in [1.807, 2.05) is 0 Å². The van der Waals surface area contributed by atoms with Crippen molar-refractivity contribution in [2.24, 2.45) is 0 Å². The Kier molecular flexibility index (Phi) is 5.41. The topological polar surface area (TPSA) is 66.4 Å². The molecule has 0 heterocycles. The van der Waals surface area contributed by atoms with E-state index in [-0.39, 0.29) is 0 Å². The maximum Gasteiger partial charge on any atom is 0.305 e. The van der Waals surface area contributed by atoms with Crippen LogP contribution in [0.2, 0.25) is 0 Å². The van der Waals surface area contributed by atoms with E-state index in [2.05, 4.69) is 5.32 Å². The van der Waals surface area contributed by atoms with Crippen molar-refractivity contribution in [3.63, 3.8) is 0 Å². The summed E-state index contributed by atoms with van der Waals surface area (Å²) in [6, 6.07) is 7.00. The number of nitrogens with one attached hydrogen (secondary N) is 1. The van der Waals surface area contributed by atoms with Crippen LogP contribution in [0.3, 0.4) is 0 Å². The van der Waals surface area contributed by atoms with Gasteiger partial charge in [-0.1, -0.05) is 30.3 Å². The number of aliphatic carboxylic acids is 1. The number of amides is 1. The molecule has 0 aliphatic carbocycles. The molecule has 2 unspecified atom stereocenters. The zero-order valence-electron chi connectivity index (χ0n) is 10.3. The Hall–Kier alpha value is -1.98. The molecule has 1 amide bonds. The summed E-state index contributed by atoms with van der Waals surface area (Å²) in [5.41, 5.74) is 0.684. The van der Waals surface area contributed by atoms with Crippen LogP contribution in [0.1, 0.15) is 24.8 Å². The highest BCUT2D eigenvalue weighted by Gasteiger charge is 2.27. The highest BCUT2D eigenvalue weighted by atomic mass is 19.3. The number of carboxylic acid groups (broad SMARTS) is 1. The van der Waals surface area contributed by atoms with Crippen molar-refractivity contribution >= 4 is 11.9 Å². The smallest absolute Gasteiger partial charge is 0.305 e. The Morgan fingerprint density at radius 1 is 1.26 bits per heavy atom. The molecule has 0 saturated carbocycles. The number of rotatable bonds is 6. The Morgan fingerprint density at radius 2 is 1.84 bits per heavy atom. The summed E-state index contributed by atoms with van der Waals surface area (Å²) < 4.78 is 25.2. The van der Waals surface area contributed by atoms with Gasteiger partial charge in [0.05, 0.1) is 12.3 Å². The van der Waals surface area contributed by atoms with Crippen molar-refractivity contribution in [3.8, 4) is 0 Å². The third-order valence-corrected chi connectivity index (χ3v) is 2.72. The molecule has 4 nitrogen and oxygen atoms in total. The number of carbonyl (C=O) groups excluding carboxylic acids is 1. The predicted octanol–water partition coefficient (Wildman–Crippen LogP) is 2.01. The lowest BCUT2D eigenvalue weighted by molar-refractivity contribution is -0.139. The van der Waals surface area contributed by atoms with Crippen LogP contribution in [0, 0.1) is 0 Å². The van der Waals surface area contributed by atoms with Crippen LogP contribution in [0.5, 0.6) is 0 Å². The van der Waals surface area contributed by atoms with Gasteiger partial charge in [0, 0.05) is 0 Å². The minimum absolute atomic E-state index is 0.613. The quantitative estimate of drug-likeness (QED) is 0.831. The first-order valence-electron chi connectivity index (χ1n) is 5.77. The fourth-order valence-electron chi connectivity index (χ4n) is 1.59. The van der Waals surface area contributed by atoms with Gasteiger partial charge in [-0.15, -0.1) is 0 Å². The average Bonchev–Trinajstić information content (AvgIpc) is 2.37. The van der Waals surface area contributed by atoms with Crippen LogP contribution in [-0.2, 0) is 9.59 Å². The second kappa shape index (κ2) is 6.82. The minimum Gasteiger partial charge on any atom is -0.481 e. The number of carboxylic acids is 1. The highest BCUT2D eigenvalue weighted by molar-refractivity contribution is 5.84. The van der Waals surface area contributed by atoms with Gasteiger partial charge >= 0.3 is 5.97 Å². The van der Waals surface area contributed by atoms with Crippen molar-refractivity contribution in [1.82, 2.24) is 5.32 Å². The third-order valence-electron chi connectivity index (χ3n) is 2.72. The van der Waals surface area contributed by atoms with Crippen molar-refractivity contribution in [2.75, 3.05) is 0 Å². The van der Waals surface area contributed by atoms with E-state index in [0.29, 0.717) is 5.56 Å². The maximum absolute atomic E-state index is 12.6. The Morgan fingerprint density at radius 3 is 2.32 bits per heavy atom. The number of benzene rings is 1. The Bertz CT molecular complexity index is 437. The first-order chi connectivity index (χ1) is 8.91. The summed E-state index contributed by atoms with van der Waals surface area (Å²) in [4.78, 5) is 22.3. The Balaban J connectivity index is 2.69. The summed E-state index contributed by atoms with van der Waals surface area (Å²) >= 11 is 0. The average molecular weight is 271 g/mol. The van der Waals surface area contributed by atoms with Crippen molar-refractivity contribution in [2.45, 2.75) is 31.7 Å². The number of carbonyl (C=O) groups is 2. The summed E-state index contributed by atoms with van der Waals surface area (Å²) in [7, 11) is 0. The van der Waals surface area contributed by atoms with Crippen LogP contribution in [0.15, 0.2) is 30.3 Å². The normalized spacial score (nSPS) is 13.9. The van der Waals surface area contributed by atoms with Crippen molar-refractivity contribution in [1.29, 1.82) is 0 Å². The van der Waals surface area contributed by atoms with Crippen LogP contribution in [0.25, 0.3) is 0 Å². The van der Waals surface area contributed by atoms with Crippen LogP contribution in [0.4, 0.5) is 8.78 Å². The van der Waals surface area contributed by atoms with E-state index >= 15 is 0 Å². The van der Waals surface area contributed by atoms with E-state index in [9.17, 15) is 18.4 Å². The molecular weight excluding hydrogens is 256 g/mol. The molecule has 2 atom stereocenters. The van der Waals surface area contributed by atoms with Gasteiger partial charge in [0.25, 0.3) is 6.43 Å². The summed E-state index contributed by atoms with van der Waals surface area (Å²) in [6.07, 6.45) is -3.71. The second-order valence-corrected chi connectivity index (χ2v) is 4.18. The van der Waals surface area contributed by atoms with Gasteiger partial charge in [0.1, 0.15) is 6.04 Å². The van der Waals surface area contributed by atoms with E-state index in [4.69, 9.17) is 5.11 Å². The van der Waals surface area contributed by atoms with Crippen LogP contribution >= 0.6 is 0 Å². The van der Waals surface area contributed by atoms with Crippen LogP contribution < -0.4 is 5.32 Å². The largest absolute Gasteiger partial charge is 0.481 e. The molecule has 0 saturated heterocycles. The number of halogens is 2. The van der Waals surface area contributed by atoms with Gasteiger partial charge in [0.2, 0.25) is 5.91 Å². The molecule has 0 aromatic heterocycles. The highest BCUT2D eigenvalue weighted by Crippen LogP contribution is 2.16. The van der Waals surface area contributed by atoms with Gasteiger partial charge in [-0.05, 0) is 12.5 Å². The molecule has 1 aromatic carbocycles. The first kappa shape index (κ1) is 15.1. The zero-order valence-corrected chi connectivity index (χ0v) is 10.3. The van der Waals surface area contributed by atoms with Crippen molar-refractivity contribution < 1.29 is 23.5 Å². The zero-order chi connectivity index (χ0) is 14.4. The fourth-order valence-corrected chi connectivity index (χ4v) is 1.59. The lowest BCUT2D eigenvalue weighted by Crippen LogP contribution is -2.43. The molecule has 104 valence electrons. The second-order valence-electron chi connectivity index (χ2n) is 4.18. The first-order valence-corrected chi connectivity index (χ1v) is 5.77. The van der Waals surface area contributed by atoms with Gasteiger partial charge < -0.3 is 10.4 Å². The lowest BCUT2D eigenvalue weighted by Gasteiger charge is -2.19. The molecule has 6 heteroatoms. The van der Waals surface area contributed by atoms with Crippen molar-refractivity contribution in [3.05, 3.63) is 35.9 Å².